The van der Waals surface area contributed by atoms with Crippen molar-refractivity contribution < 1.29 is 8.42 Å². The molecule has 0 aromatic heterocycles. The lowest BCUT2D eigenvalue weighted by Gasteiger charge is -2.28. The molecule has 0 N–H and O–H groups in total. The molecule has 1 heterocycles. The second-order valence-electron chi connectivity index (χ2n) is 5.60. The van der Waals surface area contributed by atoms with Crippen LogP contribution >= 0.6 is 0 Å². The summed E-state index contributed by atoms with van der Waals surface area (Å²) in [4.78, 5) is 0. The lowest BCUT2D eigenvalue weighted by molar-refractivity contribution is 0.391. The third-order valence-corrected chi connectivity index (χ3v) is 5.72. The van der Waals surface area contributed by atoms with Crippen LogP contribution in [0.25, 0.3) is 0 Å². The molecule has 2 aromatic rings. The normalized spacial score (nSPS) is 15.7. The second-order valence-corrected chi connectivity index (χ2v) is 7.57. The van der Waals surface area contributed by atoms with Gasteiger partial charge in [0.15, 0.2) is 0 Å². The van der Waals surface area contributed by atoms with Crippen LogP contribution in [0.3, 0.4) is 0 Å². The molecule has 3 nitrogen and oxygen atoms in total. The Balaban J connectivity index is 1.80. The van der Waals surface area contributed by atoms with Crippen molar-refractivity contribution in [2.45, 2.75) is 25.6 Å². The van der Waals surface area contributed by atoms with E-state index in [0.29, 0.717) is 13.1 Å². The standard InChI is InChI=1S/C17H19NO2S/c1-14-5-4-6-15(11-14)13-21(19,20)18-10-9-16-7-2-3-8-17(16)12-18/h2-8,11H,9-10,12-13H2,1H3. The number of rotatable bonds is 3. The molecule has 4 heteroatoms. The fraction of sp³-hybridized carbons (Fsp3) is 0.294. The van der Waals surface area contributed by atoms with Crippen LogP contribution in [0.4, 0.5) is 0 Å². The Labute approximate surface area is 126 Å². The minimum absolute atomic E-state index is 0.0802. The van der Waals surface area contributed by atoms with Gasteiger partial charge in [-0.15, -0.1) is 0 Å². The van der Waals surface area contributed by atoms with Crippen molar-refractivity contribution in [1.82, 2.24) is 4.31 Å². The topological polar surface area (TPSA) is 37.4 Å². The first-order chi connectivity index (χ1) is 10.0. The van der Waals surface area contributed by atoms with Crippen molar-refractivity contribution in [1.29, 1.82) is 0 Å². The van der Waals surface area contributed by atoms with Crippen LogP contribution in [-0.4, -0.2) is 19.3 Å². The molecule has 1 aliphatic heterocycles. The molecule has 1 aliphatic rings. The van der Waals surface area contributed by atoms with Gasteiger partial charge in [-0.1, -0.05) is 54.1 Å². The Hall–Kier alpha value is -1.65. The molecular formula is C17H19NO2S. The SMILES string of the molecule is Cc1cccc(CS(=O)(=O)N2CCc3ccccc3C2)c1. The average molecular weight is 301 g/mol. The van der Waals surface area contributed by atoms with Crippen LogP contribution in [0.15, 0.2) is 48.5 Å². The molecule has 0 aliphatic carbocycles. The van der Waals surface area contributed by atoms with Gasteiger partial charge in [0.1, 0.15) is 0 Å². The van der Waals surface area contributed by atoms with E-state index in [1.54, 1.807) is 4.31 Å². The third kappa shape index (κ3) is 3.17. The van der Waals surface area contributed by atoms with E-state index in [1.807, 2.05) is 49.4 Å². The zero-order valence-electron chi connectivity index (χ0n) is 12.1. The quantitative estimate of drug-likeness (QED) is 0.874. The van der Waals surface area contributed by atoms with Crippen LogP contribution in [0.5, 0.6) is 0 Å². The van der Waals surface area contributed by atoms with E-state index >= 15 is 0 Å². The molecule has 0 radical (unpaired) electrons. The number of nitrogens with zero attached hydrogens (tertiary/aromatic N) is 1. The minimum Gasteiger partial charge on any atom is -0.212 e. The highest BCUT2D eigenvalue weighted by Crippen LogP contribution is 2.22. The molecule has 0 amide bonds. The van der Waals surface area contributed by atoms with Crippen molar-refractivity contribution in [2.24, 2.45) is 0 Å². The van der Waals surface area contributed by atoms with E-state index in [0.717, 1.165) is 23.1 Å². The molecule has 0 saturated heterocycles. The average Bonchev–Trinajstić information content (AvgIpc) is 2.46. The van der Waals surface area contributed by atoms with Gasteiger partial charge in [-0.3, -0.25) is 0 Å². The molecule has 0 fully saturated rings. The summed E-state index contributed by atoms with van der Waals surface area (Å²) in [5.74, 6) is 0.0802. The highest BCUT2D eigenvalue weighted by Gasteiger charge is 2.26. The highest BCUT2D eigenvalue weighted by molar-refractivity contribution is 7.88. The van der Waals surface area contributed by atoms with Crippen molar-refractivity contribution in [3.05, 3.63) is 70.8 Å². The van der Waals surface area contributed by atoms with E-state index in [9.17, 15) is 8.42 Å². The van der Waals surface area contributed by atoms with Crippen LogP contribution in [0.2, 0.25) is 0 Å². The second kappa shape index (κ2) is 5.62. The molecule has 0 unspecified atom stereocenters. The lowest BCUT2D eigenvalue weighted by Crippen LogP contribution is -2.36. The van der Waals surface area contributed by atoms with Crippen LogP contribution in [-0.2, 0) is 28.7 Å². The predicted molar refractivity (Wildman–Crippen MR) is 84.4 cm³/mol. The highest BCUT2D eigenvalue weighted by atomic mass is 32.2. The van der Waals surface area contributed by atoms with Crippen LogP contribution in [0.1, 0.15) is 22.3 Å². The van der Waals surface area contributed by atoms with E-state index in [4.69, 9.17) is 0 Å². The predicted octanol–water partition coefficient (Wildman–Crippen LogP) is 2.88. The van der Waals surface area contributed by atoms with Gasteiger partial charge in [0.05, 0.1) is 5.75 Å². The maximum Gasteiger partial charge on any atom is 0.218 e. The monoisotopic (exact) mass is 301 g/mol. The fourth-order valence-corrected chi connectivity index (χ4v) is 4.30. The van der Waals surface area contributed by atoms with Crippen molar-refractivity contribution in [3.8, 4) is 0 Å². The number of hydrogen-bond acceptors (Lipinski definition) is 2. The molecule has 110 valence electrons. The van der Waals surface area contributed by atoms with Crippen molar-refractivity contribution >= 4 is 10.0 Å². The van der Waals surface area contributed by atoms with Gasteiger partial charge in [0.2, 0.25) is 10.0 Å². The fourth-order valence-electron chi connectivity index (χ4n) is 2.81. The number of aryl methyl sites for hydroxylation is 1. The van der Waals surface area contributed by atoms with Crippen molar-refractivity contribution in [3.63, 3.8) is 0 Å². The molecule has 0 spiro atoms. The molecule has 3 rings (SSSR count). The summed E-state index contributed by atoms with van der Waals surface area (Å²) in [5.41, 5.74) is 4.33. The van der Waals surface area contributed by atoms with Crippen molar-refractivity contribution in [2.75, 3.05) is 6.54 Å². The largest absolute Gasteiger partial charge is 0.218 e. The lowest BCUT2D eigenvalue weighted by atomic mass is 10.0. The zero-order chi connectivity index (χ0) is 14.9. The Morgan fingerprint density at radius 1 is 1.05 bits per heavy atom. The first kappa shape index (κ1) is 14.3. The summed E-state index contributed by atoms with van der Waals surface area (Å²) in [6, 6.07) is 15.8. The third-order valence-electron chi connectivity index (χ3n) is 3.92. The van der Waals surface area contributed by atoms with Gasteiger partial charge in [-0.2, -0.15) is 4.31 Å². The van der Waals surface area contributed by atoms with E-state index in [1.165, 1.54) is 5.56 Å². The molecule has 0 atom stereocenters. The molecule has 21 heavy (non-hydrogen) atoms. The summed E-state index contributed by atoms with van der Waals surface area (Å²) in [6.45, 7) is 3.04. The maximum atomic E-state index is 12.6. The number of fused-ring (bicyclic) bond motifs is 1. The Morgan fingerprint density at radius 3 is 2.57 bits per heavy atom. The summed E-state index contributed by atoms with van der Waals surface area (Å²) in [7, 11) is -3.26. The molecule has 2 aromatic carbocycles. The Bertz CT molecular complexity index is 753. The number of sulfonamides is 1. The molecule has 0 bridgehead atoms. The van der Waals surface area contributed by atoms with Crippen LogP contribution < -0.4 is 0 Å². The van der Waals surface area contributed by atoms with Gasteiger partial charge in [-0.25, -0.2) is 8.42 Å². The van der Waals surface area contributed by atoms with E-state index in [-0.39, 0.29) is 5.75 Å². The van der Waals surface area contributed by atoms with E-state index < -0.39 is 10.0 Å². The first-order valence-corrected chi connectivity index (χ1v) is 8.76. The number of hydrogen-bond donors (Lipinski definition) is 0. The smallest absolute Gasteiger partial charge is 0.212 e. The van der Waals surface area contributed by atoms with Gasteiger partial charge in [0.25, 0.3) is 0 Å². The van der Waals surface area contributed by atoms with Crippen LogP contribution in [0, 0.1) is 6.92 Å². The Morgan fingerprint density at radius 2 is 1.81 bits per heavy atom. The number of benzene rings is 2. The van der Waals surface area contributed by atoms with E-state index in [2.05, 4.69) is 6.07 Å². The summed E-state index contributed by atoms with van der Waals surface area (Å²) in [6.07, 6.45) is 0.795. The molecular weight excluding hydrogens is 282 g/mol. The Kier molecular flexibility index (Phi) is 3.83. The van der Waals surface area contributed by atoms with Gasteiger partial charge in [0, 0.05) is 13.1 Å². The molecule has 0 saturated carbocycles. The maximum absolute atomic E-state index is 12.6. The summed E-state index contributed by atoms with van der Waals surface area (Å²) < 4.78 is 26.8. The van der Waals surface area contributed by atoms with Gasteiger partial charge < -0.3 is 0 Å². The minimum atomic E-state index is -3.26. The zero-order valence-corrected chi connectivity index (χ0v) is 12.9. The summed E-state index contributed by atoms with van der Waals surface area (Å²) >= 11 is 0. The van der Waals surface area contributed by atoms with Gasteiger partial charge >= 0.3 is 0 Å². The first-order valence-electron chi connectivity index (χ1n) is 7.15. The summed E-state index contributed by atoms with van der Waals surface area (Å²) in [5, 5.41) is 0. The van der Waals surface area contributed by atoms with Gasteiger partial charge in [-0.05, 0) is 30.0 Å².